The van der Waals surface area contributed by atoms with Crippen LogP contribution in [0.1, 0.15) is 24.8 Å². The number of amides is 1. The number of nitrogens with zero attached hydrogens (tertiary/aromatic N) is 2. The van der Waals surface area contributed by atoms with Gasteiger partial charge >= 0.3 is 0 Å². The molecule has 0 saturated carbocycles. The van der Waals surface area contributed by atoms with Crippen LogP contribution in [0, 0.1) is 5.92 Å². The molecule has 9 heteroatoms. The van der Waals surface area contributed by atoms with E-state index in [-0.39, 0.29) is 35.8 Å². The number of carbonyl (C=O) groups excluding carboxylic acids is 1. The van der Waals surface area contributed by atoms with Crippen molar-refractivity contribution in [2.45, 2.75) is 30.7 Å². The number of primary amides is 1. The number of hydrogen-bond donors (Lipinski definition) is 2. The van der Waals surface area contributed by atoms with E-state index in [9.17, 15) is 13.2 Å². The standard InChI is InChI=1S/C17H26N4O3S.HI/c1-19-17(21-9-3-4-14(12-21)10-16(18)22)20-11-13-5-7-15(8-6-13)25(2,23)24;/h5-8,14H,3-4,9-12H2,1-2H3,(H2,18,22)(H,19,20);1H. The van der Waals surface area contributed by atoms with Crippen molar-refractivity contribution in [2.75, 3.05) is 26.4 Å². The second kappa shape index (κ2) is 10.1. The molecule has 146 valence electrons. The molecule has 3 N–H and O–H groups in total. The third kappa shape index (κ3) is 6.75. The molecule has 1 atom stereocenters. The molecular weight excluding hydrogens is 467 g/mol. The van der Waals surface area contributed by atoms with Crippen molar-refractivity contribution in [3.63, 3.8) is 0 Å². The Morgan fingerprint density at radius 3 is 2.54 bits per heavy atom. The maximum Gasteiger partial charge on any atom is 0.217 e. The number of likely N-dealkylation sites (tertiary alicyclic amines) is 1. The van der Waals surface area contributed by atoms with Crippen LogP contribution in [0.5, 0.6) is 0 Å². The van der Waals surface area contributed by atoms with Crippen molar-refractivity contribution in [3.05, 3.63) is 29.8 Å². The van der Waals surface area contributed by atoms with Crippen LogP contribution in [0.25, 0.3) is 0 Å². The third-order valence-corrected chi connectivity index (χ3v) is 5.45. The zero-order chi connectivity index (χ0) is 18.4. The maximum absolute atomic E-state index is 11.5. The quantitative estimate of drug-likeness (QED) is 0.366. The van der Waals surface area contributed by atoms with E-state index in [0.29, 0.717) is 17.9 Å². The van der Waals surface area contributed by atoms with Crippen molar-refractivity contribution < 1.29 is 13.2 Å². The van der Waals surface area contributed by atoms with Gasteiger partial charge < -0.3 is 16.0 Å². The number of hydrogen-bond acceptors (Lipinski definition) is 4. The SMILES string of the molecule is CN=C(NCc1ccc(S(C)(=O)=O)cc1)N1CCCC(CC(N)=O)C1.I. The van der Waals surface area contributed by atoms with Crippen molar-refractivity contribution in [2.24, 2.45) is 16.6 Å². The Bertz CT molecular complexity index is 735. The summed E-state index contributed by atoms with van der Waals surface area (Å²) in [7, 11) is -1.45. The highest BCUT2D eigenvalue weighted by Crippen LogP contribution is 2.19. The van der Waals surface area contributed by atoms with Crippen molar-refractivity contribution in [1.82, 2.24) is 10.2 Å². The van der Waals surface area contributed by atoms with E-state index in [4.69, 9.17) is 5.73 Å². The number of nitrogens with one attached hydrogen (secondary N) is 1. The van der Waals surface area contributed by atoms with Crippen molar-refractivity contribution in [3.8, 4) is 0 Å². The molecule has 0 aromatic heterocycles. The van der Waals surface area contributed by atoms with Crippen LogP contribution in [-0.4, -0.2) is 51.6 Å². The van der Waals surface area contributed by atoms with Gasteiger partial charge in [0.25, 0.3) is 0 Å². The van der Waals surface area contributed by atoms with Gasteiger partial charge in [-0.15, -0.1) is 24.0 Å². The monoisotopic (exact) mass is 494 g/mol. The van der Waals surface area contributed by atoms with Crippen LogP contribution < -0.4 is 11.1 Å². The summed E-state index contributed by atoms with van der Waals surface area (Å²) in [6.07, 6.45) is 3.60. The Morgan fingerprint density at radius 1 is 1.35 bits per heavy atom. The van der Waals surface area contributed by atoms with E-state index >= 15 is 0 Å². The van der Waals surface area contributed by atoms with Gasteiger partial charge in [0.05, 0.1) is 4.90 Å². The predicted molar refractivity (Wildman–Crippen MR) is 113 cm³/mol. The molecule has 0 aliphatic carbocycles. The Morgan fingerprint density at radius 2 is 2.00 bits per heavy atom. The summed E-state index contributed by atoms with van der Waals surface area (Å²) in [6, 6.07) is 6.81. The number of sulfone groups is 1. The van der Waals surface area contributed by atoms with Crippen LogP contribution in [0.4, 0.5) is 0 Å². The van der Waals surface area contributed by atoms with E-state index in [2.05, 4.69) is 15.2 Å². The van der Waals surface area contributed by atoms with Crippen LogP contribution in [0.15, 0.2) is 34.2 Å². The third-order valence-electron chi connectivity index (χ3n) is 4.32. The fourth-order valence-electron chi connectivity index (χ4n) is 3.08. The summed E-state index contributed by atoms with van der Waals surface area (Å²) in [5.74, 6) is 0.779. The molecule has 1 aliphatic rings. The van der Waals surface area contributed by atoms with E-state index in [1.54, 1.807) is 31.3 Å². The summed E-state index contributed by atoms with van der Waals surface area (Å²) >= 11 is 0. The molecule has 1 heterocycles. The number of aliphatic imine (C=N–C) groups is 1. The summed E-state index contributed by atoms with van der Waals surface area (Å²) in [5.41, 5.74) is 6.28. The largest absolute Gasteiger partial charge is 0.370 e. The number of halogens is 1. The molecule has 26 heavy (non-hydrogen) atoms. The Labute approximate surface area is 172 Å². The van der Waals surface area contributed by atoms with Crippen LogP contribution in [0.3, 0.4) is 0 Å². The number of nitrogens with two attached hydrogens (primary N) is 1. The predicted octanol–water partition coefficient (Wildman–Crippen LogP) is 1.37. The summed E-state index contributed by atoms with van der Waals surface area (Å²) < 4.78 is 23.0. The van der Waals surface area contributed by atoms with Crippen LogP contribution in [0.2, 0.25) is 0 Å². The molecule has 7 nitrogen and oxygen atoms in total. The van der Waals surface area contributed by atoms with Crippen molar-refractivity contribution >= 4 is 45.7 Å². The first kappa shape index (κ1) is 22.7. The zero-order valence-corrected chi connectivity index (χ0v) is 18.3. The summed E-state index contributed by atoms with van der Waals surface area (Å²) in [5, 5.41) is 3.30. The second-order valence-electron chi connectivity index (χ2n) is 6.44. The van der Waals surface area contributed by atoms with E-state index in [1.165, 1.54) is 6.26 Å². The highest BCUT2D eigenvalue weighted by Gasteiger charge is 2.23. The average Bonchev–Trinajstić information content (AvgIpc) is 2.55. The lowest BCUT2D eigenvalue weighted by molar-refractivity contribution is -0.119. The normalized spacial score (nSPS) is 18.2. The summed E-state index contributed by atoms with van der Waals surface area (Å²) in [4.78, 5) is 17.9. The number of benzene rings is 1. The van der Waals surface area contributed by atoms with Gasteiger partial charge in [0.15, 0.2) is 15.8 Å². The van der Waals surface area contributed by atoms with Crippen LogP contribution >= 0.6 is 24.0 Å². The van der Waals surface area contributed by atoms with Gasteiger partial charge in [0.2, 0.25) is 5.91 Å². The maximum atomic E-state index is 11.5. The van der Waals surface area contributed by atoms with E-state index in [0.717, 1.165) is 37.5 Å². The fourth-order valence-corrected chi connectivity index (χ4v) is 3.71. The van der Waals surface area contributed by atoms with Gasteiger partial charge in [0, 0.05) is 39.4 Å². The highest BCUT2D eigenvalue weighted by atomic mass is 127. The molecule has 1 aromatic rings. The van der Waals surface area contributed by atoms with Gasteiger partial charge in [0.1, 0.15) is 0 Å². The molecule has 0 radical (unpaired) electrons. The Hall–Kier alpha value is -1.36. The molecule has 1 amide bonds. The first-order valence-electron chi connectivity index (χ1n) is 8.32. The van der Waals surface area contributed by atoms with Gasteiger partial charge in [-0.2, -0.15) is 0 Å². The lowest BCUT2D eigenvalue weighted by Crippen LogP contribution is -2.46. The molecule has 1 saturated heterocycles. The number of piperidine rings is 1. The lowest BCUT2D eigenvalue weighted by Gasteiger charge is -2.34. The summed E-state index contributed by atoms with van der Waals surface area (Å²) in [6.45, 7) is 2.20. The minimum atomic E-state index is -3.18. The van der Waals surface area contributed by atoms with E-state index in [1.807, 2.05) is 0 Å². The molecule has 1 aliphatic heterocycles. The molecule has 1 fully saturated rings. The Balaban J connectivity index is 0.00000338. The smallest absolute Gasteiger partial charge is 0.217 e. The van der Waals surface area contributed by atoms with Gasteiger partial charge in [-0.3, -0.25) is 9.79 Å². The molecule has 2 rings (SSSR count). The zero-order valence-electron chi connectivity index (χ0n) is 15.1. The molecule has 0 spiro atoms. The fraction of sp³-hybridized carbons (Fsp3) is 0.529. The molecular formula is C17H27IN4O3S. The second-order valence-corrected chi connectivity index (χ2v) is 8.46. The minimum absolute atomic E-state index is 0. The van der Waals surface area contributed by atoms with Gasteiger partial charge in [-0.1, -0.05) is 12.1 Å². The molecule has 0 bridgehead atoms. The number of guanidine groups is 1. The topological polar surface area (TPSA) is 105 Å². The minimum Gasteiger partial charge on any atom is -0.370 e. The van der Waals surface area contributed by atoms with Gasteiger partial charge in [-0.25, -0.2) is 8.42 Å². The van der Waals surface area contributed by atoms with Crippen molar-refractivity contribution in [1.29, 1.82) is 0 Å². The Kier molecular flexibility index (Phi) is 8.81. The molecule has 1 aromatic carbocycles. The number of rotatable bonds is 5. The first-order valence-corrected chi connectivity index (χ1v) is 10.2. The van der Waals surface area contributed by atoms with Gasteiger partial charge in [-0.05, 0) is 36.5 Å². The van der Waals surface area contributed by atoms with E-state index < -0.39 is 9.84 Å². The lowest BCUT2D eigenvalue weighted by atomic mass is 9.95. The molecule has 1 unspecified atom stereocenters. The highest BCUT2D eigenvalue weighted by molar-refractivity contribution is 14.0. The van der Waals surface area contributed by atoms with Crippen LogP contribution in [-0.2, 0) is 21.2 Å². The first-order chi connectivity index (χ1) is 11.8. The number of carbonyl (C=O) groups is 1. The average molecular weight is 494 g/mol.